The number of hydrogen-bond donors (Lipinski definition) is 2. The summed E-state index contributed by atoms with van der Waals surface area (Å²) < 4.78 is 17.8. The number of rotatable bonds is 2. The predicted molar refractivity (Wildman–Crippen MR) is 383 cm³/mol. The molecule has 0 unspecified atom stereocenters. The molecule has 0 bridgehead atoms. The first kappa shape index (κ1) is 82.7. The largest absolute Gasteiger partial charge is 0.380 e. The summed E-state index contributed by atoms with van der Waals surface area (Å²) in [6.45, 7) is 78.9. The molecule has 8 saturated heterocycles. The fourth-order valence-corrected chi connectivity index (χ4v) is 12.1. The molecule has 89 heavy (non-hydrogen) atoms. The molecule has 2 spiro atoms. The third kappa shape index (κ3) is 31.6. The number of thiazole rings is 1. The third-order valence-electron chi connectivity index (χ3n) is 18.0. The minimum Gasteiger partial charge on any atom is -0.380 e. The number of hydrogen-bond acceptors (Lipinski definition) is 14. The zero-order chi connectivity index (χ0) is 66.3. The molecule has 0 aliphatic carbocycles. The van der Waals surface area contributed by atoms with E-state index in [2.05, 4.69) is 228 Å². The van der Waals surface area contributed by atoms with Crippen LogP contribution in [0.2, 0.25) is 0 Å². The first-order valence-corrected chi connectivity index (χ1v) is 35.4. The Hall–Kier alpha value is -2.35. The quantitative estimate of drug-likeness (QED) is 0.254. The molecule has 3 aromatic rings. The van der Waals surface area contributed by atoms with E-state index in [1.165, 1.54) is 121 Å². The Morgan fingerprint density at radius 2 is 0.955 bits per heavy atom. The Labute approximate surface area is 553 Å². The monoisotopic (exact) mass is 1270 g/mol. The zero-order valence-electron chi connectivity index (χ0n) is 61.9. The number of nitrogens with zero attached hydrogens (tertiary/aromatic N) is 10. The number of H-pyrrole nitrogens is 1. The number of piperidine rings is 2. The fourth-order valence-electron chi connectivity index (χ4n) is 11.4. The molecule has 8 aliphatic heterocycles. The average Bonchev–Trinajstić information content (AvgIpc) is 2.01. The van der Waals surface area contributed by atoms with E-state index in [1.807, 2.05) is 40.9 Å². The topological polar surface area (TPSA) is 119 Å². The highest BCUT2D eigenvalue weighted by atomic mass is 32.1. The van der Waals surface area contributed by atoms with Crippen molar-refractivity contribution in [1.29, 1.82) is 0 Å². The minimum atomic E-state index is 0. The minimum absolute atomic E-state index is 0. The van der Waals surface area contributed by atoms with Gasteiger partial charge in [0, 0.05) is 133 Å². The van der Waals surface area contributed by atoms with Crippen molar-refractivity contribution in [2.75, 3.05) is 131 Å². The molecule has 2 N–H and O–H groups in total. The lowest BCUT2D eigenvalue weighted by molar-refractivity contribution is -0.147. The molecular formula is C73H144N12O3S. The molecule has 520 valence electrons. The molecule has 8 aliphatic rings. The summed E-state index contributed by atoms with van der Waals surface area (Å²) >= 11 is 1.72. The van der Waals surface area contributed by atoms with Crippen molar-refractivity contribution in [3.05, 3.63) is 53.0 Å². The van der Waals surface area contributed by atoms with Gasteiger partial charge >= 0.3 is 0 Å². The molecule has 0 amide bonds. The van der Waals surface area contributed by atoms with Gasteiger partial charge in [-0.25, -0.2) is 4.98 Å². The third-order valence-corrected chi connectivity index (χ3v) is 19.2. The van der Waals surface area contributed by atoms with Crippen LogP contribution in [0.3, 0.4) is 0 Å². The Morgan fingerprint density at radius 1 is 0.494 bits per heavy atom. The van der Waals surface area contributed by atoms with E-state index in [4.69, 9.17) is 14.2 Å². The standard InChI is InChI=1S/C10H19NO.C9H17NO.C9H19N.C8H18N2.C8H17NO.2C7H12N2.C7H11NS.C7H15N.CH4/c1-9(2)11-5-3-4-10(6-11)7-12-8-10;1-8(2)10-4-3-9(5-10)6-11-7-9;1-9(2,3)10-7-5-4-6-8-10;1-8(2,3)10-6-4-9-5-7-10;1-8(2,3)9-4-6-10-7-5-9;1-7(2,3)6-4-8-9-5-6;1-7(2,3)9-6-4-5-8-9;1-7(2,3)6-8-4-5-9-6;1-7(2,3)8-5-4-6-8;/h9H,3-8H2,1-2H3;8H,3-7H2,1-2H3;4-8H2,1-3H3;9H,4-7H2,1-3H3;4-7H2,1-3H3;4-5H,1-3H3,(H,8,9);4-6H,1-3H3;4-5H,1-3H3;4-6H2,1-3H3;1H4. The highest BCUT2D eigenvalue weighted by molar-refractivity contribution is 7.09. The Balaban J connectivity index is 0.000000342. The first-order valence-electron chi connectivity index (χ1n) is 34.5. The van der Waals surface area contributed by atoms with Gasteiger partial charge in [0.05, 0.1) is 56.4 Å². The van der Waals surface area contributed by atoms with Crippen molar-refractivity contribution in [1.82, 2.24) is 59.7 Å². The Morgan fingerprint density at radius 3 is 1.21 bits per heavy atom. The number of aromatic nitrogens is 5. The molecule has 15 nitrogen and oxygen atoms in total. The Kier molecular flexibility index (Phi) is 35.0. The summed E-state index contributed by atoms with van der Waals surface area (Å²) in [5.74, 6) is 0. The van der Waals surface area contributed by atoms with Crippen molar-refractivity contribution in [2.45, 2.75) is 276 Å². The van der Waals surface area contributed by atoms with Gasteiger partial charge in [0.1, 0.15) is 0 Å². The highest BCUT2D eigenvalue weighted by Crippen LogP contribution is 2.39. The molecule has 0 atom stereocenters. The van der Waals surface area contributed by atoms with E-state index in [-0.39, 0.29) is 23.8 Å². The van der Waals surface area contributed by atoms with Crippen LogP contribution in [0, 0.1) is 10.8 Å². The van der Waals surface area contributed by atoms with Gasteiger partial charge < -0.3 is 29.3 Å². The maximum Gasteiger partial charge on any atom is 0.0978 e. The second-order valence-electron chi connectivity index (χ2n) is 33.8. The first-order chi connectivity index (χ1) is 40.7. The molecule has 11 heterocycles. The van der Waals surface area contributed by atoms with Crippen LogP contribution in [0.25, 0.3) is 0 Å². The van der Waals surface area contributed by atoms with Crippen LogP contribution in [-0.2, 0) is 30.6 Å². The lowest BCUT2D eigenvalue weighted by Gasteiger charge is -2.49. The average molecular weight is 1270 g/mol. The van der Waals surface area contributed by atoms with Gasteiger partial charge in [-0.05, 0) is 226 Å². The van der Waals surface area contributed by atoms with Crippen LogP contribution in [0.4, 0.5) is 0 Å². The molecule has 0 aromatic carbocycles. The van der Waals surface area contributed by atoms with Crippen molar-refractivity contribution < 1.29 is 14.2 Å². The van der Waals surface area contributed by atoms with Crippen LogP contribution in [-0.4, -0.2) is 220 Å². The maximum absolute atomic E-state index is 5.32. The van der Waals surface area contributed by atoms with Gasteiger partial charge in [0.2, 0.25) is 0 Å². The molecule has 0 saturated carbocycles. The van der Waals surface area contributed by atoms with Crippen LogP contribution in [0.1, 0.15) is 236 Å². The number of piperazine rings is 1. The lowest BCUT2D eigenvalue weighted by atomic mass is 9.78. The van der Waals surface area contributed by atoms with Gasteiger partial charge in [-0.1, -0.05) is 55.4 Å². The number of ether oxygens (including phenoxy) is 3. The number of morpholine rings is 1. The second-order valence-corrected chi connectivity index (χ2v) is 34.7. The fraction of sp³-hybridized carbons (Fsp3) is 0.877. The summed E-state index contributed by atoms with van der Waals surface area (Å²) in [5, 5.41) is 17.3. The Bertz CT molecular complexity index is 2020. The van der Waals surface area contributed by atoms with E-state index < -0.39 is 0 Å². The summed E-state index contributed by atoms with van der Waals surface area (Å²) in [7, 11) is 0. The zero-order valence-corrected chi connectivity index (χ0v) is 62.7. The van der Waals surface area contributed by atoms with Crippen molar-refractivity contribution in [3.63, 3.8) is 0 Å². The van der Waals surface area contributed by atoms with Gasteiger partial charge in [0.25, 0.3) is 0 Å². The summed E-state index contributed by atoms with van der Waals surface area (Å²) in [4.78, 5) is 19.4. The van der Waals surface area contributed by atoms with Gasteiger partial charge in [0.15, 0.2) is 0 Å². The number of likely N-dealkylation sites (tertiary alicyclic amines) is 4. The van der Waals surface area contributed by atoms with Crippen LogP contribution < -0.4 is 5.32 Å². The molecule has 3 aromatic heterocycles. The van der Waals surface area contributed by atoms with Crippen molar-refractivity contribution in [2.24, 2.45) is 10.8 Å². The normalized spacial score (nSPS) is 21.1. The van der Waals surface area contributed by atoms with Crippen LogP contribution in [0.5, 0.6) is 0 Å². The highest BCUT2D eigenvalue weighted by Gasteiger charge is 2.45. The SMILES string of the molecule is C.CC(C)(C)N1CCC1.CC(C)(C)N1CCCCC1.CC(C)(C)N1CCNCC1.CC(C)(C)N1CCOCC1.CC(C)(C)c1cn[nH]c1.CC(C)(C)c1nccs1.CC(C)(C)n1cccn1.CC(C)N1CCC2(COC2)C1.CC(C)N1CCCC2(COC2)C1. The molecule has 16 heteroatoms. The summed E-state index contributed by atoms with van der Waals surface area (Å²) in [6.07, 6.45) is 19.2. The van der Waals surface area contributed by atoms with Gasteiger partial charge in [-0.3, -0.25) is 29.4 Å². The van der Waals surface area contributed by atoms with Crippen molar-refractivity contribution >= 4 is 11.3 Å². The molecular weight excluding hydrogens is 1120 g/mol. The van der Waals surface area contributed by atoms with E-state index >= 15 is 0 Å². The summed E-state index contributed by atoms with van der Waals surface area (Å²) in [5.41, 5.74) is 4.49. The second kappa shape index (κ2) is 37.7. The molecule has 8 fully saturated rings. The van der Waals surface area contributed by atoms with Gasteiger partial charge in [-0.15, -0.1) is 11.3 Å². The molecule has 11 rings (SSSR count). The van der Waals surface area contributed by atoms with E-state index in [0.717, 1.165) is 71.9 Å². The van der Waals surface area contributed by atoms with E-state index in [9.17, 15) is 0 Å². The van der Waals surface area contributed by atoms with Crippen LogP contribution >= 0.6 is 11.3 Å². The van der Waals surface area contributed by atoms with E-state index in [1.54, 1.807) is 17.5 Å². The number of aromatic amines is 1. The predicted octanol–water partition coefficient (Wildman–Crippen LogP) is 14.6. The maximum atomic E-state index is 5.32. The van der Waals surface area contributed by atoms with Gasteiger partial charge in [-0.2, -0.15) is 10.2 Å². The lowest BCUT2D eigenvalue weighted by Crippen LogP contribution is -2.55. The van der Waals surface area contributed by atoms with Crippen molar-refractivity contribution in [3.8, 4) is 0 Å². The van der Waals surface area contributed by atoms with E-state index in [0.29, 0.717) is 39.0 Å². The summed E-state index contributed by atoms with van der Waals surface area (Å²) in [6, 6.07) is 3.36. The molecule has 0 radical (unpaired) electrons. The smallest absolute Gasteiger partial charge is 0.0978 e. The van der Waals surface area contributed by atoms with Crippen LogP contribution in [0.15, 0.2) is 42.4 Å². The number of nitrogens with one attached hydrogen (secondary N) is 2.